The van der Waals surface area contributed by atoms with E-state index < -0.39 is 10.0 Å². The lowest BCUT2D eigenvalue weighted by Gasteiger charge is -2.36. The fourth-order valence-electron chi connectivity index (χ4n) is 3.29. The molecular weight excluding hydrogens is 336 g/mol. The highest BCUT2D eigenvalue weighted by Gasteiger charge is 2.36. The lowest BCUT2D eigenvalue weighted by atomic mass is 10.0. The second-order valence-corrected chi connectivity index (χ2v) is 8.21. The molecule has 2 aromatic rings. The molecule has 134 valence electrons. The molecule has 0 aliphatic carbocycles. The van der Waals surface area contributed by atoms with Crippen molar-refractivity contribution in [2.75, 3.05) is 26.7 Å². The Balaban J connectivity index is 2.08. The third-order valence-electron chi connectivity index (χ3n) is 4.62. The summed E-state index contributed by atoms with van der Waals surface area (Å²) < 4.78 is 33.9. The number of ether oxygens (including phenoxy) is 1. The SMILES string of the molecule is COc1ccccc1C1CNCCN1S(=O)(=O)c1cc(C)ccc1C. The number of nitrogens with one attached hydrogen (secondary N) is 1. The molecule has 1 atom stereocenters. The summed E-state index contributed by atoms with van der Waals surface area (Å²) in [5, 5.41) is 3.30. The van der Waals surface area contributed by atoms with Crippen molar-refractivity contribution >= 4 is 10.0 Å². The Morgan fingerprint density at radius 3 is 2.68 bits per heavy atom. The molecule has 0 bridgehead atoms. The van der Waals surface area contributed by atoms with E-state index in [0.717, 1.165) is 16.7 Å². The molecule has 0 spiro atoms. The molecule has 1 N–H and O–H groups in total. The van der Waals surface area contributed by atoms with Gasteiger partial charge in [-0.2, -0.15) is 4.31 Å². The second kappa shape index (κ2) is 7.15. The number of para-hydroxylation sites is 1. The minimum atomic E-state index is -3.60. The van der Waals surface area contributed by atoms with Crippen molar-refractivity contribution < 1.29 is 13.2 Å². The standard InChI is InChI=1S/C19H24N2O3S/c1-14-8-9-15(2)19(12-14)25(22,23)21-11-10-20-13-17(21)16-6-4-5-7-18(16)24-3/h4-9,12,17,20H,10-11,13H2,1-3H3. The van der Waals surface area contributed by atoms with Crippen LogP contribution in [-0.2, 0) is 10.0 Å². The van der Waals surface area contributed by atoms with E-state index in [1.54, 1.807) is 17.5 Å². The van der Waals surface area contributed by atoms with Gasteiger partial charge in [-0.1, -0.05) is 30.3 Å². The maximum Gasteiger partial charge on any atom is 0.243 e. The quantitative estimate of drug-likeness (QED) is 0.911. The molecule has 1 aliphatic rings. The summed E-state index contributed by atoms with van der Waals surface area (Å²) >= 11 is 0. The molecule has 0 saturated carbocycles. The summed E-state index contributed by atoms with van der Waals surface area (Å²) in [4.78, 5) is 0.384. The maximum absolute atomic E-state index is 13.4. The zero-order valence-electron chi connectivity index (χ0n) is 14.8. The highest BCUT2D eigenvalue weighted by atomic mass is 32.2. The third-order valence-corrected chi connectivity index (χ3v) is 6.67. The van der Waals surface area contributed by atoms with Crippen LogP contribution in [0.5, 0.6) is 5.75 Å². The monoisotopic (exact) mass is 360 g/mol. The van der Waals surface area contributed by atoms with Crippen LogP contribution in [0.3, 0.4) is 0 Å². The van der Waals surface area contributed by atoms with Crippen LogP contribution >= 0.6 is 0 Å². The smallest absolute Gasteiger partial charge is 0.243 e. The van der Waals surface area contributed by atoms with Crippen LogP contribution < -0.4 is 10.1 Å². The first-order valence-corrected chi connectivity index (χ1v) is 9.82. The highest BCUT2D eigenvalue weighted by Crippen LogP contribution is 2.34. The first kappa shape index (κ1) is 17.9. The summed E-state index contributed by atoms with van der Waals surface area (Å²) in [6.45, 7) is 5.37. The molecule has 25 heavy (non-hydrogen) atoms. The Morgan fingerprint density at radius 2 is 1.92 bits per heavy atom. The molecule has 3 rings (SSSR count). The fourth-order valence-corrected chi connectivity index (χ4v) is 5.21. The van der Waals surface area contributed by atoms with E-state index in [9.17, 15) is 8.42 Å². The van der Waals surface area contributed by atoms with E-state index in [0.29, 0.717) is 30.3 Å². The summed E-state index contributed by atoms with van der Waals surface area (Å²) in [7, 11) is -1.99. The Labute approximate surface area is 149 Å². The number of aryl methyl sites for hydroxylation is 2. The lowest BCUT2D eigenvalue weighted by molar-refractivity contribution is 0.264. The van der Waals surface area contributed by atoms with Gasteiger partial charge < -0.3 is 10.1 Å². The number of nitrogens with zero attached hydrogens (tertiary/aromatic N) is 1. The van der Waals surface area contributed by atoms with Gasteiger partial charge in [-0.15, -0.1) is 0 Å². The van der Waals surface area contributed by atoms with Crippen molar-refractivity contribution in [3.63, 3.8) is 0 Å². The van der Waals surface area contributed by atoms with Crippen molar-refractivity contribution in [3.05, 3.63) is 59.2 Å². The van der Waals surface area contributed by atoms with Crippen LogP contribution in [0.15, 0.2) is 47.4 Å². The molecule has 6 heteroatoms. The lowest BCUT2D eigenvalue weighted by Crippen LogP contribution is -2.48. The number of sulfonamides is 1. The number of methoxy groups -OCH3 is 1. The van der Waals surface area contributed by atoms with Gasteiger partial charge >= 0.3 is 0 Å². The first-order valence-electron chi connectivity index (χ1n) is 8.38. The van der Waals surface area contributed by atoms with Crippen molar-refractivity contribution in [2.24, 2.45) is 0 Å². The van der Waals surface area contributed by atoms with Gasteiger partial charge in [0.2, 0.25) is 10.0 Å². The van der Waals surface area contributed by atoms with E-state index in [4.69, 9.17) is 4.74 Å². The van der Waals surface area contributed by atoms with Crippen LogP contribution in [0.25, 0.3) is 0 Å². The van der Waals surface area contributed by atoms with Gasteiger partial charge in [0.15, 0.2) is 0 Å². The van der Waals surface area contributed by atoms with Crippen LogP contribution in [0.4, 0.5) is 0 Å². The minimum absolute atomic E-state index is 0.296. The van der Waals surface area contributed by atoms with Gasteiger partial charge in [0.25, 0.3) is 0 Å². The Morgan fingerprint density at radius 1 is 1.16 bits per heavy atom. The van der Waals surface area contributed by atoms with Crippen LogP contribution in [-0.4, -0.2) is 39.5 Å². The van der Waals surface area contributed by atoms with Crippen LogP contribution in [0, 0.1) is 13.8 Å². The molecular formula is C19H24N2O3S. The van der Waals surface area contributed by atoms with Gasteiger partial charge in [0.1, 0.15) is 5.75 Å². The summed E-state index contributed by atoms with van der Waals surface area (Å²) in [6, 6.07) is 12.9. The van der Waals surface area contributed by atoms with E-state index in [1.807, 2.05) is 50.2 Å². The average molecular weight is 360 g/mol. The minimum Gasteiger partial charge on any atom is -0.496 e. The van der Waals surface area contributed by atoms with Gasteiger partial charge in [-0.05, 0) is 37.1 Å². The van der Waals surface area contributed by atoms with E-state index in [1.165, 1.54) is 0 Å². The number of hydrogen-bond donors (Lipinski definition) is 1. The summed E-state index contributed by atoms with van der Waals surface area (Å²) in [5.41, 5.74) is 2.59. The van der Waals surface area contributed by atoms with Crippen LogP contribution in [0.1, 0.15) is 22.7 Å². The van der Waals surface area contributed by atoms with Crippen molar-refractivity contribution in [2.45, 2.75) is 24.8 Å². The van der Waals surface area contributed by atoms with Gasteiger partial charge in [-0.3, -0.25) is 0 Å². The third kappa shape index (κ3) is 3.42. The Bertz CT molecular complexity index is 865. The van der Waals surface area contributed by atoms with Gasteiger partial charge in [-0.25, -0.2) is 8.42 Å². The van der Waals surface area contributed by atoms with Crippen molar-refractivity contribution in [3.8, 4) is 5.75 Å². The molecule has 1 unspecified atom stereocenters. The Hall–Kier alpha value is -1.89. The molecule has 1 saturated heterocycles. The zero-order chi connectivity index (χ0) is 18.0. The van der Waals surface area contributed by atoms with Crippen molar-refractivity contribution in [1.29, 1.82) is 0 Å². The molecule has 2 aromatic carbocycles. The molecule has 0 aromatic heterocycles. The van der Waals surface area contributed by atoms with Crippen LogP contribution in [0.2, 0.25) is 0 Å². The normalized spacial score (nSPS) is 18.9. The summed E-state index contributed by atoms with van der Waals surface area (Å²) in [6.07, 6.45) is 0. The van der Waals surface area contributed by atoms with Gasteiger partial charge in [0, 0.05) is 25.2 Å². The molecule has 1 heterocycles. The van der Waals surface area contributed by atoms with Gasteiger partial charge in [0.05, 0.1) is 18.0 Å². The number of rotatable bonds is 4. The second-order valence-electron chi connectivity index (χ2n) is 6.35. The largest absolute Gasteiger partial charge is 0.496 e. The van der Waals surface area contributed by atoms with E-state index in [2.05, 4.69) is 5.32 Å². The zero-order valence-corrected chi connectivity index (χ0v) is 15.6. The van der Waals surface area contributed by atoms with E-state index in [-0.39, 0.29) is 6.04 Å². The Kier molecular flexibility index (Phi) is 5.13. The van der Waals surface area contributed by atoms with Crippen molar-refractivity contribution in [1.82, 2.24) is 9.62 Å². The molecule has 5 nitrogen and oxygen atoms in total. The molecule has 0 amide bonds. The van der Waals surface area contributed by atoms with E-state index >= 15 is 0 Å². The molecule has 1 fully saturated rings. The predicted octanol–water partition coefficient (Wildman–Crippen LogP) is 2.65. The maximum atomic E-state index is 13.4. The first-order chi connectivity index (χ1) is 11.9. The highest BCUT2D eigenvalue weighted by molar-refractivity contribution is 7.89. The predicted molar refractivity (Wildman–Crippen MR) is 98.4 cm³/mol. The number of benzene rings is 2. The topological polar surface area (TPSA) is 58.6 Å². The number of hydrogen-bond acceptors (Lipinski definition) is 4. The molecule has 0 radical (unpaired) electrons. The summed E-state index contributed by atoms with van der Waals surface area (Å²) in [5.74, 6) is 0.706. The fraction of sp³-hybridized carbons (Fsp3) is 0.368. The molecule has 1 aliphatic heterocycles. The average Bonchev–Trinajstić information content (AvgIpc) is 2.63. The number of piperazine rings is 1.